The SMILES string of the molecule is Cc1cccc(C)c1OCC(C)NCCSCCNCc1nc(N)nc(N)c1-c1cccc(Cl)c1Cl. The Balaban J connectivity index is 1.39. The van der Waals surface area contributed by atoms with Crippen molar-refractivity contribution in [3.05, 3.63) is 63.3 Å². The van der Waals surface area contributed by atoms with Crippen LogP contribution in [-0.2, 0) is 6.54 Å². The molecule has 1 aromatic heterocycles. The molecule has 0 saturated heterocycles. The van der Waals surface area contributed by atoms with Crippen molar-refractivity contribution in [1.82, 2.24) is 20.6 Å². The molecule has 0 spiro atoms. The van der Waals surface area contributed by atoms with E-state index in [4.69, 9.17) is 39.4 Å². The van der Waals surface area contributed by atoms with E-state index >= 15 is 0 Å². The molecule has 6 N–H and O–H groups in total. The van der Waals surface area contributed by atoms with Crippen LogP contribution in [0.25, 0.3) is 11.1 Å². The van der Waals surface area contributed by atoms with Gasteiger partial charge in [-0.15, -0.1) is 0 Å². The van der Waals surface area contributed by atoms with Crippen LogP contribution in [0.1, 0.15) is 23.7 Å². The van der Waals surface area contributed by atoms with Crippen molar-refractivity contribution in [1.29, 1.82) is 0 Å². The third kappa shape index (κ3) is 7.88. The summed E-state index contributed by atoms with van der Waals surface area (Å²) in [5.74, 6) is 3.35. The van der Waals surface area contributed by atoms with E-state index in [9.17, 15) is 0 Å². The number of hydrogen-bond acceptors (Lipinski definition) is 8. The summed E-state index contributed by atoms with van der Waals surface area (Å²) in [5.41, 5.74) is 16.4. The van der Waals surface area contributed by atoms with Gasteiger partial charge in [0.15, 0.2) is 0 Å². The Labute approximate surface area is 227 Å². The maximum Gasteiger partial charge on any atom is 0.222 e. The van der Waals surface area contributed by atoms with Crippen molar-refractivity contribution in [2.75, 3.05) is 42.7 Å². The summed E-state index contributed by atoms with van der Waals surface area (Å²) in [4.78, 5) is 8.50. The molecule has 7 nitrogen and oxygen atoms in total. The van der Waals surface area contributed by atoms with E-state index in [1.807, 2.05) is 23.9 Å². The first-order valence-electron chi connectivity index (χ1n) is 11.8. The van der Waals surface area contributed by atoms with Gasteiger partial charge in [0.1, 0.15) is 18.2 Å². The minimum absolute atomic E-state index is 0.127. The van der Waals surface area contributed by atoms with Crippen LogP contribution in [0.3, 0.4) is 0 Å². The lowest BCUT2D eigenvalue weighted by molar-refractivity contribution is 0.272. The molecule has 194 valence electrons. The van der Waals surface area contributed by atoms with Crippen molar-refractivity contribution >= 4 is 46.7 Å². The van der Waals surface area contributed by atoms with E-state index < -0.39 is 0 Å². The van der Waals surface area contributed by atoms with E-state index in [2.05, 4.69) is 59.6 Å². The van der Waals surface area contributed by atoms with Gasteiger partial charge in [-0.3, -0.25) is 0 Å². The summed E-state index contributed by atoms with van der Waals surface area (Å²) in [6, 6.07) is 11.9. The van der Waals surface area contributed by atoms with E-state index in [-0.39, 0.29) is 17.8 Å². The number of para-hydroxylation sites is 1. The highest BCUT2D eigenvalue weighted by Crippen LogP contribution is 2.37. The second-order valence-corrected chi connectivity index (χ2v) is 10.6. The van der Waals surface area contributed by atoms with Crippen molar-refractivity contribution in [2.45, 2.75) is 33.4 Å². The highest BCUT2D eigenvalue weighted by molar-refractivity contribution is 7.99. The number of aromatic nitrogens is 2. The lowest BCUT2D eigenvalue weighted by Gasteiger charge is -2.17. The molecule has 0 aliphatic carbocycles. The van der Waals surface area contributed by atoms with Crippen LogP contribution in [0, 0.1) is 13.8 Å². The second-order valence-electron chi connectivity index (χ2n) is 8.57. The number of ether oxygens (including phenoxy) is 1. The zero-order chi connectivity index (χ0) is 26.1. The maximum absolute atomic E-state index is 6.42. The molecule has 10 heteroatoms. The van der Waals surface area contributed by atoms with E-state index in [0.29, 0.717) is 40.0 Å². The summed E-state index contributed by atoms with van der Waals surface area (Å²) < 4.78 is 6.03. The smallest absolute Gasteiger partial charge is 0.222 e. The number of hydrogen-bond donors (Lipinski definition) is 4. The van der Waals surface area contributed by atoms with Crippen LogP contribution < -0.4 is 26.8 Å². The number of rotatable bonds is 13. The highest BCUT2D eigenvalue weighted by atomic mass is 35.5. The molecule has 1 unspecified atom stereocenters. The van der Waals surface area contributed by atoms with Gasteiger partial charge in [0.25, 0.3) is 0 Å². The summed E-state index contributed by atoms with van der Waals surface area (Å²) in [6.45, 7) is 9.14. The summed E-state index contributed by atoms with van der Waals surface area (Å²) >= 11 is 14.5. The van der Waals surface area contributed by atoms with E-state index in [1.165, 1.54) is 11.1 Å². The fraction of sp³-hybridized carbons (Fsp3) is 0.385. The largest absolute Gasteiger partial charge is 0.491 e. The molecular formula is C26H34Cl2N6OS. The number of aryl methyl sites for hydroxylation is 2. The molecule has 0 fully saturated rings. The van der Waals surface area contributed by atoms with Crippen LogP contribution in [0.4, 0.5) is 11.8 Å². The fourth-order valence-corrected chi connectivity index (χ4v) is 4.94. The van der Waals surface area contributed by atoms with Crippen molar-refractivity contribution in [3.8, 4) is 16.9 Å². The van der Waals surface area contributed by atoms with Gasteiger partial charge in [-0.2, -0.15) is 16.7 Å². The molecule has 0 saturated carbocycles. The van der Waals surface area contributed by atoms with Crippen LogP contribution in [0.15, 0.2) is 36.4 Å². The number of thioether (sulfide) groups is 1. The Morgan fingerprint density at radius 3 is 2.44 bits per heavy atom. The van der Waals surface area contributed by atoms with Crippen molar-refractivity contribution in [2.24, 2.45) is 0 Å². The summed E-state index contributed by atoms with van der Waals surface area (Å²) in [7, 11) is 0. The Hall–Kier alpha value is -2.23. The fourth-order valence-electron chi connectivity index (χ4n) is 3.79. The third-order valence-electron chi connectivity index (χ3n) is 5.59. The Bertz CT molecular complexity index is 1140. The number of anilines is 2. The first-order chi connectivity index (χ1) is 17.3. The van der Waals surface area contributed by atoms with Crippen LogP contribution in [-0.4, -0.2) is 47.2 Å². The molecule has 1 atom stereocenters. The van der Waals surface area contributed by atoms with Crippen molar-refractivity contribution < 1.29 is 4.74 Å². The van der Waals surface area contributed by atoms with Gasteiger partial charge in [-0.25, -0.2) is 4.98 Å². The zero-order valence-corrected chi connectivity index (χ0v) is 23.2. The number of nitrogens with one attached hydrogen (secondary N) is 2. The maximum atomic E-state index is 6.42. The molecule has 3 aromatic rings. The molecule has 3 rings (SSSR count). The van der Waals surface area contributed by atoms with Gasteiger partial charge >= 0.3 is 0 Å². The van der Waals surface area contributed by atoms with Crippen LogP contribution in [0.2, 0.25) is 10.0 Å². The molecular weight excluding hydrogens is 515 g/mol. The van der Waals surface area contributed by atoms with Gasteiger partial charge in [0, 0.05) is 48.3 Å². The topological polar surface area (TPSA) is 111 Å². The van der Waals surface area contributed by atoms with E-state index in [1.54, 1.807) is 6.07 Å². The lowest BCUT2D eigenvalue weighted by atomic mass is 10.0. The molecule has 0 aliphatic heterocycles. The molecule has 2 aromatic carbocycles. The predicted octanol–water partition coefficient (Wildman–Crippen LogP) is 5.11. The van der Waals surface area contributed by atoms with Crippen molar-refractivity contribution in [3.63, 3.8) is 0 Å². The number of nitrogens with zero attached hydrogens (tertiary/aromatic N) is 2. The minimum atomic E-state index is 0.127. The molecule has 0 aliphatic rings. The summed E-state index contributed by atoms with van der Waals surface area (Å²) in [6.07, 6.45) is 0. The standard InChI is InChI=1S/C26H34Cl2N6OS/c1-16-6-4-7-17(2)24(16)35-15-18(3)32-11-13-36-12-10-31-14-21-22(25(29)34-26(30)33-21)19-8-5-9-20(27)23(19)28/h4-9,18,31-32H,10-15H2,1-3H3,(H4,29,30,33,34). The Morgan fingerprint density at radius 2 is 1.69 bits per heavy atom. The molecule has 36 heavy (non-hydrogen) atoms. The van der Waals surface area contributed by atoms with Gasteiger partial charge in [-0.1, -0.05) is 53.5 Å². The minimum Gasteiger partial charge on any atom is -0.491 e. The molecule has 0 amide bonds. The lowest BCUT2D eigenvalue weighted by Crippen LogP contribution is -2.33. The molecule has 1 heterocycles. The Morgan fingerprint density at radius 1 is 1.00 bits per heavy atom. The average Bonchev–Trinajstić information content (AvgIpc) is 2.82. The summed E-state index contributed by atoms with van der Waals surface area (Å²) in [5, 5.41) is 7.79. The van der Waals surface area contributed by atoms with E-state index in [0.717, 1.165) is 30.3 Å². The first-order valence-corrected chi connectivity index (χ1v) is 13.8. The normalized spacial score (nSPS) is 12.0. The van der Waals surface area contributed by atoms with Gasteiger partial charge in [0.2, 0.25) is 5.95 Å². The third-order valence-corrected chi connectivity index (χ3v) is 7.40. The number of nitrogen functional groups attached to an aromatic ring is 2. The monoisotopic (exact) mass is 548 g/mol. The average molecular weight is 550 g/mol. The molecule has 0 radical (unpaired) electrons. The number of benzene rings is 2. The quantitative estimate of drug-likeness (QED) is 0.218. The van der Waals surface area contributed by atoms with Gasteiger partial charge < -0.3 is 26.8 Å². The predicted molar refractivity (Wildman–Crippen MR) is 154 cm³/mol. The van der Waals surface area contributed by atoms with Gasteiger partial charge in [-0.05, 0) is 38.0 Å². The van der Waals surface area contributed by atoms with Crippen LogP contribution in [0.5, 0.6) is 5.75 Å². The highest BCUT2D eigenvalue weighted by Gasteiger charge is 2.17. The number of halogens is 2. The zero-order valence-electron chi connectivity index (χ0n) is 20.9. The first kappa shape index (κ1) is 28.3. The van der Waals surface area contributed by atoms with Crippen LogP contribution >= 0.6 is 35.0 Å². The molecule has 0 bridgehead atoms. The number of nitrogens with two attached hydrogens (primary N) is 2. The van der Waals surface area contributed by atoms with Gasteiger partial charge in [0.05, 0.1) is 15.7 Å². The Kier molecular flexibility index (Phi) is 10.9. The second kappa shape index (κ2) is 13.9.